The fraction of sp³-hybridized carbons (Fsp3) is 0.182. The Bertz CT molecular complexity index is 436. The minimum absolute atomic E-state index is 0.646. The summed E-state index contributed by atoms with van der Waals surface area (Å²) in [6, 6.07) is 7.71. The molecule has 2 nitrogen and oxygen atoms in total. The number of halogens is 1. The van der Waals surface area contributed by atoms with Crippen LogP contribution in [0.25, 0.3) is 0 Å². The van der Waals surface area contributed by atoms with Gasteiger partial charge in [-0.1, -0.05) is 29.8 Å². The molecule has 0 unspecified atom stereocenters. The van der Waals surface area contributed by atoms with E-state index in [4.69, 9.17) is 16.0 Å². The van der Waals surface area contributed by atoms with Gasteiger partial charge in [0.25, 0.3) is 0 Å². The van der Waals surface area contributed by atoms with Crippen molar-refractivity contribution in [1.29, 1.82) is 0 Å². The Morgan fingerprint density at radius 3 is 2.79 bits per heavy atom. The van der Waals surface area contributed by atoms with Crippen molar-refractivity contribution in [2.45, 2.75) is 13.3 Å². The zero-order valence-electron chi connectivity index (χ0n) is 7.83. The molecule has 2 rings (SSSR count). The Kier molecular flexibility index (Phi) is 2.55. The van der Waals surface area contributed by atoms with Gasteiger partial charge in [-0.05, 0) is 18.6 Å². The van der Waals surface area contributed by atoms with Crippen LogP contribution in [0.4, 0.5) is 0 Å². The molecule has 72 valence electrons. The molecular formula is C11H10ClNO. The van der Waals surface area contributed by atoms with Crippen LogP contribution < -0.4 is 0 Å². The highest BCUT2D eigenvalue weighted by atomic mass is 35.5. The van der Waals surface area contributed by atoms with Crippen LogP contribution in [0.1, 0.15) is 17.1 Å². The Morgan fingerprint density at radius 1 is 1.36 bits per heavy atom. The Morgan fingerprint density at radius 2 is 2.14 bits per heavy atom. The van der Waals surface area contributed by atoms with Crippen LogP contribution in [0.15, 0.2) is 34.9 Å². The van der Waals surface area contributed by atoms with Crippen molar-refractivity contribution in [3.63, 3.8) is 0 Å². The summed E-state index contributed by atoms with van der Waals surface area (Å²) in [6.07, 6.45) is 2.29. The van der Waals surface area contributed by atoms with E-state index >= 15 is 0 Å². The van der Waals surface area contributed by atoms with E-state index in [9.17, 15) is 0 Å². The van der Waals surface area contributed by atoms with Crippen LogP contribution in [-0.4, -0.2) is 4.98 Å². The second-order valence-electron chi connectivity index (χ2n) is 3.15. The van der Waals surface area contributed by atoms with E-state index in [2.05, 4.69) is 4.98 Å². The largest absolute Gasteiger partial charge is 0.448 e. The van der Waals surface area contributed by atoms with Gasteiger partial charge in [-0.3, -0.25) is 0 Å². The Hall–Kier alpha value is -1.28. The van der Waals surface area contributed by atoms with Gasteiger partial charge in [0.15, 0.2) is 5.89 Å². The van der Waals surface area contributed by atoms with E-state index < -0.39 is 0 Å². The van der Waals surface area contributed by atoms with Crippen LogP contribution in [0.5, 0.6) is 0 Å². The summed E-state index contributed by atoms with van der Waals surface area (Å²) in [6.45, 7) is 1.90. The Balaban J connectivity index is 2.23. The summed E-state index contributed by atoms with van der Waals surface area (Å²) >= 11 is 6.01. The van der Waals surface area contributed by atoms with Crippen molar-refractivity contribution >= 4 is 11.6 Å². The molecule has 0 radical (unpaired) electrons. The van der Waals surface area contributed by atoms with Crippen molar-refractivity contribution in [1.82, 2.24) is 4.98 Å². The monoisotopic (exact) mass is 207 g/mol. The number of hydrogen-bond acceptors (Lipinski definition) is 2. The fourth-order valence-electron chi connectivity index (χ4n) is 1.29. The first kappa shape index (κ1) is 9.28. The molecule has 0 bridgehead atoms. The maximum absolute atomic E-state index is 6.01. The van der Waals surface area contributed by atoms with Crippen molar-refractivity contribution in [2.24, 2.45) is 0 Å². The maximum atomic E-state index is 6.01. The van der Waals surface area contributed by atoms with E-state index in [1.165, 1.54) is 0 Å². The molecule has 0 atom stereocenters. The molecule has 0 N–H and O–H groups in total. The first-order valence-corrected chi connectivity index (χ1v) is 4.78. The molecule has 0 aliphatic rings. The van der Waals surface area contributed by atoms with Crippen LogP contribution in [0.2, 0.25) is 5.02 Å². The maximum Gasteiger partial charge on any atom is 0.198 e. The first-order chi connectivity index (χ1) is 6.75. The molecule has 0 aliphatic carbocycles. The number of hydrogen-bond donors (Lipinski definition) is 0. The summed E-state index contributed by atoms with van der Waals surface area (Å²) in [5.41, 5.74) is 1.93. The number of rotatable bonds is 2. The first-order valence-electron chi connectivity index (χ1n) is 4.40. The molecule has 3 heteroatoms. The van der Waals surface area contributed by atoms with Crippen LogP contribution in [0.3, 0.4) is 0 Å². The molecule has 1 aromatic carbocycles. The topological polar surface area (TPSA) is 26.0 Å². The highest BCUT2D eigenvalue weighted by Crippen LogP contribution is 2.18. The average Bonchev–Trinajstić information content (AvgIpc) is 2.56. The van der Waals surface area contributed by atoms with Crippen molar-refractivity contribution < 1.29 is 4.42 Å². The number of aromatic nitrogens is 1. The van der Waals surface area contributed by atoms with E-state index in [1.54, 1.807) is 6.26 Å². The molecule has 0 amide bonds. The lowest BCUT2D eigenvalue weighted by Gasteiger charge is -1.99. The highest BCUT2D eigenvalue weighted by molar-refractivity contribution is 6.31. The third kappa shape index (κ3) is 1.96. The summed E-state index contributed by atoms with van der Waals surface area (Å²) in [5.74, 6) is 0.704. The van der Waals surface area contributed by atoms with E-state index in [-0.39, 0.29) is 0 Å². The van der Waals surface area contributed by atoms with Crippen LogP contribution in [-0.2, 0) is 6.42 Å². The molecule has 0 saturated carbocycles. The smallest absolute Gasteiger partial charge is 0.198 e. The number of aryl methyl sites for hydroxylation is 1. The average molecular weight is 208 g/mol. The number of oxazole rings is 1. The third-order valence-electron chi connectivity index (χ3n) is 1.97. The van der Waals surface area contributed by atoms with E-state index in [0.29, 0.717) is 12.3 Å². The standard InChI is InChI=1S/C11H10ClNO/c1-8-7-14-11(13-8)6-9-4-2-3-5-10(9)12/h2-5,7H,6H2,1H3. The molecule has 14 heavy (non-hydrogen) atoms. The van der Waals surface area contributed by atoms with E-state index in [0.717, 1.165) is 16.3 Å². The molecule has 2 aromatic rings. The lowest BCUT2D eigenvalue weighted by atomic mass is 10.1. The molecular weight excluding hydrogens is 198 g/mol. The predicted molar refractivity (Wildman–Crippen MR) is 55.5 cm³/mol. The summed E-state index contributed by atoms with van der Waals surface area (Å²) in [4.78, 5) is 4.22. The minimum Gasteiger partial charge on any atom is -0.448 e. The number of benzene rings is 1. The fourth-order valence-corrected chi connectivity index (χ4v) is 1.49. The van der Waals surface area contributed by atoms with Gasteiger partial charge < -0.3 is 4.42 Å². The summed E-state index contributed by atoms with van der Waals surface area (Å²) < 4.78 is 5.25. The second-order valence-corrected chi connectivity index (χ2v) is 3.56. The van der Waals surface area contributed by atoms with Gasteiger partial charge in [-0.25, -0.2) is 4.98 Å². The lowest BCUT2D eigenvalue weighted by Crippen LogP contribution is -1.89. The zero-order valence-corrected chi connectivity index (χ0v) is 8.58. The van der Waals surface area contributed by atoms with Crippen molar-refractivity contribution in [3.8, 4) is 0 Å². The van der Waals surface area contributed by atoms with Gasteiger partial charge in [-0.15, -0.1) is 0 Å². The SMILES string of the molecule is Cc1coc(Cc2ccccc2Cl)n1. The molecule has 0 spiro atoms. The second kappa shape index (κ2) is 3.84. The lowest BCUT2D eigenvalue weighted by molar-refractivity contribution is 0.506. The van der Waals surface area contributed by atoms with Crippen molar-refractivity contribution in [2.75, 3.05) is 0 Å². The van der Waals surface area contributed by atoms with Gasteiger partial charge in [0.05, 0.1) is 12.1 Å². The molecule has 0 aliphatic heterocycles. The number of nitrogens with zero attached hydrogens (tertiary/aromatic N) is 1. The van der Waals surface area contributed by atoms with Crippen LogP contribution in [0, 0.1) is 6.92 Å². The summed E-state index contributed by atoms with van der Waals surface area (Å²) in [5, 5.41) is 0.753. The minimum atomic E-state index is 0.646. The van der Waals surface area contributed by atoms with Gasteiger partial charge in [-0.2, -0.15) is 0 Å². The summed E-state index contributed by atoms with van der Waals surface area (Å²) in [7, 11) is 0. The van der Waals surface area contributed by atoms with Crippen LogP contribution >= 0.6 is 11.6 Å². The quantitative estimate of drug-likeness (QED) is 0.756. The zero-order chi connectivity index (χ0) is 9.97. The van der Waals surface area contributed by atoms with Crippen molar-refractivity contribution in [3.05, 3.63) is 52.7 Å². The Labute approximate surface area is 87.5 Å². The van der Waals surface area contributed by atoms with Gasteiger partial charge in [0, 0.05) is 5.02 Å². The van der Waals surface area contributed by atoms with Gasteiger partial charge in [0.1, 0.15) is 6.26 Å². The molecule has 0 saturated heterocycles. The highest BCUT2D eigenvalue weighted by Gasteiger charge is 2.04. The molecule has 0 fully saturated rings. The molecule has 1 heterocycles. The van der Waals surface area contributed by atoms with Gasteiger partial charge >= 0.3 is 0 Å². The van der Waals surface area contributed by atoms with Gasteiger partial charge in [0.2, 0.25) is 0 Å². The predicted octanol–water partition coefficient (Wildman–Crippen LogP) is 3.23. The normalized spacial score (nSPS) is 10.4. The third-order valence-corrected chi connectivity index (χ3v) is 2.33. The molecule has 1 aromatic heterocycles. The van der Waals surface area contributed by atoms with E-state index in [1.807, 2.05) is 31.2 Å².